The Hall–Kier alpha value is -5.05. The zero-order valence-electron chi connectivity index (χ0n) is 31.1. The zero-order valence-corrected chi connectivity index (χ0v) is 31.8. The van der Waals surface area contributed by atoms with Crippen molar-refractivity contribution in [1.82, 2.24) is 5.32 Å². The standard InChI is InChI=1S/C34H42ClNO19/c1-14(37)46-12-24-27(55-34-31(52-20(7)43)29(50-18(5)41)26(48-16(3)39)25(54-34)13-47-15(2)38)28(49-17(4)40)30(51-19(6)42)33(53-24)36-32(44)21-9-10-23(45-8)22(35)11-21/h9-11,24-31,33-34H,12-13H2,1-8H3,(H,36,44)/t24-,25-,26-,27-,28+,29+,30-,31-,33-,34-/m1/s1. The molecule has 0 aromatic heterocycles. The van der Waals surface area contributed by atoms with Gasteiger partial charge in [0.1, 0.15) is 37.3 Å². The van der Waals surface area contributed by atoms with Gasteiger partial charge in [0.2, 0.25) is 0 Å². The normalized spacial score (nSPS) is 27.3. The van der Waals surface area contributed by atoms with E-state index in [4.69, 9.17) is 63.7 Å². The Bertz CT molecular complexity index is 1620. The molecule has 304 valence electrons. The molecule has 1 N–H and O–H groups in total. The lowest BCUT2D eigenvalue weighted by molar-refractivity contribution is -0.345. The van der Waals surface area contributed by atoms with Gasteiger partial charge in [-0.1, -0.05) is 11.6 Å². The van der Waals surface area contributed by atoms with Gasteiger partial charge in [0, 0.05) is 54.0 Å². The van der Waals surface area contributed by atoms with Gasteiger partial charge in [-0.15, -0.1) is 0 Å². The van der Waals surface area contributed by atoms with E-state index in [1.165, 1.54) is 25.3 Å². The molecular formula is C34H42ClNO19. The topological polar surface area (TPSA) is 250 Å². The molecule has 0 aliphatic carbocycles. The first-order valence-electron chi connectivity index (χ1n) is 16.5. The average molecular weight is 804 g/mol. The minimum absolute atomic E-state index is 0.00687. The van der Waals surface area contributed by atoms with E-state index in [1.54, 1.807) is 0 Å². The number of nitrogens with one attached hydrogen (secondary N) is 1. The highest BCUT2D eigenvalue weighted by molar-refractivity contribution is 6.32. The lowest BCUT2D eigenvalue weighted by atomic mass is 9.95. The van der Waals surface area contributed by atoms with Crippen LogP contribution < -0.4 is 10.1 Å². The van der Waals surface area contributed by atoms with Crippen molar-refractivity contribution >= 4 is 59.3 Å². The number of amides is 1. The molecule has 1 aromatic carbocycles. The summed E-state index contributed by atoms with van der Waals surface area (Å²) < 4.78 is 61.4. The summed E-state index contributed by atoms with van der Waals surface area (Å²) in [5.41, 5.74) is 0.00687. The van der Waals surface area contributed by atoms with Gasteiger partial charge in [-0.3, -0.25) is 38.4 Å². The highest BCUT2D eigenvalue weighted by Gasteiger charge is 2.57. The average Bonchev–Trinajstić information content (AvgIpc) is 3.06. The van der Waals surface area contributed by atoms with Gasteiger partial charge in [0.05, 0.1) is 12.1 Å². The first-order valence-corrected chi connectivity index (χ1v) is 16.9. The Morgan fingerprint density at radius 1 is 0.600 bits per heavy atom. The van der Waals surface area contributed by atoms with Crippen LogP contribution in [0.5, 0.6) is 5.75 Å². The molecule has 55 heavy (non-hydrogen) atoms. The van der Waals surface area contributed by atoms with Gasteiger partial charge < -0.3 is 57.4 Å². The van der Waals surface area contributed by atoms with E-state index < -0.39 is 122 Å². The highest BCUT2D eigenvalue weighted by atomic mass is 35.5. The Morgan fingerprint density at radius 2 is 1.05 bits per heavy atom. The van der Waals surface area contributed by atoms with Crippen LogP contribution in [-0.2, 0) is 80.9 Å². The number of carbonyl (C=O) groups is 8. The minimum atomic E-state index is -1.86. The van der Waals surface area contributed by atoms with Crippen LogP contribution in [0.25, 0.3) is 0 Å². The molecule has 10 atom stereocenters. The summed E-state index contributed by atoms with van der Waals surface area (Å²) in [6.45, 7) is 6.00. The first kappa shape index (κ1) is 44.3. The van der Waals surface area contributed by atoms with Gasteiger partial charge in [0.25, 0.3) is 5.91 Å². The maximum atomic E-state index is 13.5. The summed E-state index contributed by atoms with van der Waals surface area (Å²) in [6, 6.07) is 4.08. The molecule has 2 aliphatic heterocycles. The fourth-order valence-electron chi connectivity index (χ4n) is 5.65. The second-order valence-electron chi connectivity index (χ2n) is 12.0. The number of esters is 7. The van der Waals surface area contributed by atoms with Crippen LogP contribution in [0, 0.1) is 0 Å². The smallest absolute Gasteiger partial charge is 0.303 e. The molecule has 1 amide bonds. The van der Waals surface area contributed by atoms with Crippen molar-refractivity contribution in [3.8, 4) is 5.75 Å². The minimum Gasteiger partial charge on any atom is -0.495 e. The number of hydrogen-bond acceptors (Lipinski definition) is 19. The summed E-state index contributed by atoms with van der Waals surface area (Å²) >= 11 is 6.21. The van der Waals surface area contributed by atoms with E-state index >= 15 is 0 Å². The van der Waals surface area contributed by atoms with Gasteiger partial charge >= 0.3 is 41.8 Å². The van der Waals surface area contributed by atoms with E-state index in [1.807, 2.05) is 0 Å². The lowest BCUT2D eigenvalue weighted by Gasteiger charge is -2.48. The van der Waals surface area contributed by atoms with E-state index in [2.05, 4.69) is 5.32 Å². The predicted octanol–water partition coefficient (Wildman–Crippen LogP) is 0.698. The monoisotopic (exact) mass is 803 g/mol. The summed E-state index contributed by atoms with van der Waals surface area (Å²) in [4.78, 5) is 99.4. The molecule has 0 bridgehead atoms. The third-order valence-corrected chi connectivity index (χ3v) is 7.91. The summed E-state index contributed by atoms with van der Waals surface area (Å²) in [6.07, 6.45) is -16.5. The lowest BCUT2D eigenvalue weighted by Crippen LogP contribution is -2.68. The van der Waals surface area contributed by atoms with Crippen molar-refractivity contribution in [3.63, 3.8) is 0 Å². The molecule has 21 heteroatoms. The van der Waals surface area contributed by atoms with E-state index in [-0.39, 0.29) is 16.3 Å². The number of halogens is 1. The maximum absolute atomic E-state index is 13.5. The highest BCUT2D eigenvalue weighted by Crippen LogP contribution is 2.35. The predicted molar refractivity (Wildman–Crippen MR) is 179 cm³/mol. The van der Waals surface area contributed by atoms with Crippen LogP contribution in [0.3, 0.4) is 0 Å². The molecule has 0 saturated carbocycles. The number of hydrogen-bond donors (Lipinski definition) is 1. The molecule has 20 nitrogen and oxygen atoms in total. The summed E-state index contributed by atoms with van der Waals surface area (Å²) in [7, 11) is 1.37. The van der Waals surface area contributed by atoms with Crippen molar-refractivity contribution in [2.45, 2.75) is 110 Å². The Kier molecular flexibility index (Phi) is 16.2. The molecule has 2 heterocycles. The largest absolute Gasteiger partial charge is 0.495 e. The molecule has 0 spiro atoms. The molecular weight excluding hydrogens is 762 g/mol. The zero-order chi connectivity index (χ0) is 41.1. The summed E-state index contributed by atoms with van der Waals surface area (Å²) in [5, 5.41) is 2.63. The van der Waals surface area contributed by atoms with E-state index in [9.17, 15) is 38.4 Å². The molecule has 2 saturated heterocycles. The van der Waals surface area contributed by atoms with Gasteiger partial charge in [0.15, 0.2) is 43.0 Å². The molecule has 2 aliphatic rings. The third-order valence-electron chi connectivity index (χ3n) is 7.62. The molecule has 0 unspecified atom stereocenters. The molecule has 0 radical (unpaired) electrons. The first-order chi connectivity index (χ1) is 25.8. The molecule has 1 aromatic rings. The van der Waals surface area contributed by atoms with Gasteiger partial charge in [-0.2, -0.15) is 0 Å². The third kappa shape index (κ3) is 12.8. The van der Waals surface area contributed by atoms with Crippen molar-refractivity contribution in [1.29, 1.82) is 0 Å². The summed E-state index contributed by atoms with van der Waals surface area (Å²) in [5.74, 6) is -6.75. The fourth-order valence-corrected chi connectivity index (χ4v) is 5.91. The second kappa shape index (κ2) is 20.0. The van der Waals surface area contributed by atoms with Crippen LogP contribution in [0.4, 0.5) is 0 Å². The number of carbonyl (C=O) groups excluding carboxylic acids is 8. The van der Waals surface area contributed by atoms with Crippen molar-refractivity contribution < 1.29 is 90.5 Å². The van der Waals surface area contributed by atoms with Crippen LogP contribution >= 0.6 is 11.6 Å². The van der Waals surface area contributed by atoms with Crippen molar-refractivity contribution in [3.05, 3.63) is 28.8 Å². The second-order valence-corrected chi connectivity index (χ2v) is 12.4. The maximum Gasteiger partial charge on any atom is 0.303 e. The Balaban J connectivity index is 2.17. The number of benzene rings is 1. The number of rotatable bonds is 14. The molecule has 2 fully saturated rings. The van der Waals surface area contributed by atoms with Crippen LogP contribution in [0.2, 0.25) is 5.02 Å². The van der Waals surface area contributed by atoms with Gasteiger partial charge in [-0.25, -0.2) is 0 Å². The fraction of sp³-hybridized carbons (Fsp3) is 0.588. The van der Waals surface area contributed by atoms with Crippen molar-refractivity contribution in [2.75, 3.05) is 20.3 Å². The Morgan fingerprint density at radius 3 is 1.53 bits per heavy atom. The van der Waals surface area contributed by atoms with Crippen molar-refractivity contribution in [2.24, 2.45) is 0 Å². The van der Waals surface area contributed by atoms with E-state index in [0.29, 0.717) is 0 Å². The van der Waals surface area contributed by atoms with E-state index in [0.717, 1.165) is 48.5 Å². The van der Waals surface area contributed by atoms with Crippen LogP contribution in [0.15, 0.2) is 18.2 Å². The molecule has 3 rings (SSSR count). The van der Waals surface area contributed by atoms with Crippen LogP contribution in [-0.4, -0.2) is 129 Å². The SMILES string of the molecule is COc1ccc(C(=O)N[C@@H]2O[C@H](COC(C)=O)[C@@H](O[C@H]3O[C@H](COC(C)=O)[C@@H](OC(C)=O)[C@H](OC(C)=O)[C@H]3OC(C)=O)[C@H](OC(C)=O)[C@H]2OC(C)=O)cc1Cl. The number of ether oxygens (including phenoxy) is 11. The number of methoxy groups -OCH3 is 1. The van der Waals surface area contributed by atoms with Gasteiger partial charge in [-0.05, 0) is 18.2 Å². The quantitative estimate of drug-likeness (QED) is 0.201. The Labute approximate surface area is 319 Å². The van der Waals surface area contributed by atoms with Crippen LogP contribution in [0.1, 0.15) is 58.8 Å².